The Bertz CT molecular complexity index is 661. The lowest BCUT2D eigenvalue weighted by Gasteiger charge is -2.37. The van der Waals surface area contributed by atoms with Gasteiger partial charge in [0, 0.05) is 43.3 Å². The van der Waals surface area contributed by atoms with Gasteiger partial charge < -0.3 is 10.0 Å². The van der Waals surface area contributed by atoms with Gasteiger partial charge in [-0.05, 0) is 49.9 Å². The average Bonchev–Trinajstić information content (AvgIpc) is 2.62. The minimum atomic E-state index is -0.890. The number of aromatic carboxylic acids is 1. The second-order valence-corrected chi connectivity index (χ2v) is 8.61. The molecule has 1 aliphatic rings. The van der Waals surface area contributed by atoms with Gasteiger partial charge in [-0.15, -0.1) is 18.2 Å². The maximum atomic E-state index is 11.0. The largest absolute Gasteiger partial charge is 0.478 e. The number of rotatable bonds is 9. The van der Waals surface area contributed by atoms with Gasteiger partial charge in [-0.2, -0.15) is 0 Å². The van der Waals surface area contributed by atoms with Gasteiger partial charge in [-0.3, -0.25) is 4.90 Å². The van der Waals surface area contributed by atoms with E-state index < -0.39 is 5.97 Å². The normalized spacial score (nSPS) is 18.6. The van der Waals surface area contributed by atoms with Crippen molar-refractivity contribution < 1.29 is 9.90 Å². The average molecular weight is 391 g/mol. The van der Waals surface area contributed by atoms with Gasteiger partial charge in [0.15, 0.2) is 0 Å². The molecule has 2 rings (SSSR count). The highest BCUT2D eigenvalue weighted by molar-refractivity contribution is 6.24. The van der Waals surface area contributed by atoms with Crippen molar-refractivity contribution in [1.29, 1.82) is 0 Å². The van der Waals surface area contributed by atoms with Gasteiger partial charge >= 0.3 is 5.97 Å². The van der Waals surface area contributed by atoms with E-state index in [9.17, 15) is 4.79 Å². The molecule has 1 heterocycles. The van der Waals surface area contributed by atoms with E-state index in [2.05, 4.69) is 36.8 Å². The molecule has 0 spiro atoms. The van der Waals surface area contributed by atoms with Crippen LogP contribution in [0.15, 0.2) is 49.1 Å². The van der Waals surface area contributed by atoms with Gasteiger partial charge in [0.05, 0.1) is 5.56 Å². The summed E-state index contributed by atoms with van der Waals surface area (Å²) in [6, 6.07) is 7.10. The summed E-state index contributed by atoms with van der Waals surface area (Å²) in [6.07, 6.45) is 3.64. The fourth-order valence-corrected chi connectivity index (χ4v) is 3.79. The number of anilines is 1. The monoisotopic (exact) mass is 390 g/mol. The Balaban J connectivity index is 1.82. The van der Waals surface area contributed by atoms with Crippen molar-refractivity contribution in [2.45, 2.75) is 31.6 Å². The predicted molar refractivity (Wildman–Crippen MR) is 114 cm³/mol. The molecule has 0 aliphatic carbocycles. The molecule has 0 radical (unpaired) electrons. The molecular formula is C22H31ClN2O2. The predicted octanol–water partition coefficient (Wildman–Crippen LogP) is 4.66. The van der Waals surface area contributed by atoms with E-state index >= 15 is 0 Å². The number of carbonyl (C=O) groups is 1. The van der Waals surface area contributed by atoms with E-state index in [0.717, 1.165) is 51.3 Å². The van der Waals surface area contributed by atoms with Crippen LogP contribution in [-0.4, -0.2) is 53.6 Å². The molecule has 0 aromatic heterocycles. The van der Waals surface area contributed by atoms with Crippen molar-refractivity contribution >= 4 is 23.3 Å². The molecule has 1 aromatic rings. The molecule has 1 N–H and O–H groups in total. The quantitative estimate of drug-likeness (QED) is 0.491. The fraction of sp³-hybridized carbons (Fsp3) is 0.500. The summed E-state index contributed by atoms with van der Waals surface area (Å²) in [5.74, 6) is -0.530. The maximum absolute atomic E-state index is 11.0. The second-order valence-electron chi connectivity index (χ2n) is 7.75. The molecule has 2 atom stereocenters. The second kappa shape index (κ2) is 9.43. The zero-order chi connectivity index (χ0) is 20.0. The Hall–Kier alpha value is -1.78. The van der Waals surface area contributed by atoms with Gasteiger partial charge in [-0.1, -0.05) is 25.2 Å². The molecule has 1 aromatic carbocycles. The van der Waals surface area contributed by atoms with Crippen LogP contribution in [0.3, 0.4) is 0 Å². The Morgan fingerprint density at radius 1 is 1.30 bits per heavy atom. The van der Waals surface area contributed by atoms with Crippen LogP contribution in [0, 0.1) is 5.92 Å². The first kappa shape index (κ1) is 21.5. The van der Waals surface area contributed by atoms with E-state index in [0.29, 0.717) is 11.5 Å². The van der Waals surface area contributed by atoms with Crippen molar-refractivity contribution in [3.05, 3.63) is 54.6 Å². The van der Waals surface area contributed by atoms with E-state index in [1.165, 1.54) is 5.57 Å². The van der Waals surface area contributed by atoms with Gasteiger partial charge in [0.2, 0.25) is 0 Å². The summed E-state index contributed by atoms with van der Waals surface area (Å²) in [6.45, 7) is 17.0. The minimum absolute atomic E-state index is 0.293. The number of hydrogen-bond acceptors (Lipinski definition) is 3. The van der Waals surface area contributed by atoms with Crippen LogP contribution in [-0.2, 0) is 0 Å². The van der Waals surface area contributed by atoms with Crippen LogP contribution < -0.4 is 4.90 Å². The summed E-state index contributed by atoms with van der Waals surface area (Å²) in [4.78, 5) is 15.4. The highest BCUT2D eigenvalue weighted by atomic mass is 35.5. The van der Waals surface area contributed by atoms with Crippen LogP contribution in [0.1, 0.15) is 37.0 Å². The first-order chi connectivity index (χ1) is 12.7. The van der Waals surface area contributed by atoms with Gasteiger partial charge in [0.1, 0.15) is 0 Å². The molecule has 1 saturated heterocycles. The third-order valence-electron chi connectivity index (χ3n) is 5.44. The Kier molecular flexibility index (Phi) is 7.51. The first-order valence-electron chi connectivity index (χ1n) is 9.50. The molecule has 5 heteroatoms. The van der Waals surface area contributed by atoms with Gasteiger partial charge in [0.25, 0.3) is 0 Å². The van der Waals surface area contributed by atoms with Crippen LogP contribution in [0.25, 0.3) is 0 Å². The van der Waals surface area contributed by atoms with Crippen molar-refractivity contribution in [2.24, 2.45) is 5.92 Å². The van der Waals surface area contributed by atoms with Gasteiger partial charge in [-0.25, -0.2) is 4.79 Å². The zero-order valence-electron chi connectivity index (χ0n) is 16.5. The van der Waals surface area contributed by atoms with Crippen LogP contribution >= 0.6 is 11.6 Å². The third-order valence-corrected chi connectivity index (χ3v) is 5.95. The molecule has 148 valence electrons. The van der Waals surface area contributed by atoms with Crippen LogP contribution in [0.2, 0.25) is 0 Å². The fourth-order valence-electron chi connectivity index (χ4n) is 3.51. The summed E-state index contributed by atoms with van der Waals surface area (Å²) < 4.78 is 0. The molecule has 1 unspecified atom stereocenters. The molecule has 27 heavy (non-hydrogen) atoms. The maximum Gasteiger partial charge on any atom is 0.335 e. The lowest BCUT2D eigenvalue weighted by molar-refractivity contribution is 0.0697. The number of benzene rings is 1. The summed E-state index contributed by atoms with van der Waals surface area (Å²) in [5, 5.41) is 9.01. The molecule has 4 nitrogen and oxygen atoms in total. The SMILES string of the molecule is C=CCC(C)[C@](C)(Cl)CC(=C)CN1CCN(c2ccc(C(=O)O)cc2)CC1. The smallest absolute Gasteiger partial charge is 0.335 e. The van der Waals surface area contributed by atoms with Crippen LogP contribution in [0.5, 0.6) is 0 Å². The van der Waals surface area contributed by atoms with E-state index in [4.69, 9.17) is 16.7 Å². The Morgan fingerprint density at radius 3 is 2.41 bits per heavy atom. The van der Waals surface area contributed by atoms with Crippen molar-refractivity contribution in [1.82, 2.24) is 4.90 Å². The summed E-state index contributed by atoms with van der Waals surface area (Å²) in [7, 11) is 0. The number of halogens is 1. The van der Waals surface area contributed by atoms with Crippen molar-refractivity contribution in [2.75, 3.05) is 37.6 Å². The lowest BCUT2D eigenvalue weighted by Crippen LogP contribution is -2.47. The lowest BCUT2D eigenvalue weighted by atomic mass is 9.86. The number of alkyl halides is 1. The van der Waals surface area contributed by atoms with Crippen LogP contribution in [0.4, 0.5) is 5.69 Å². The number of hydrogen-bond donors (Lipinski definition) is 1. The van der Waals surface area contributed by atoms with Crippen molar-refractivity contribution in [3.63, 3.8) is 0 Å². The number of piperazine rings is 1. The molecule has 0 bridgehead atoms. The van der Waals surface area contributed by atoms with E-state index in [-0.39, 0.29) is 4.87 Å². The third kappa shape index (κ3) is 6.12. The molecule has 1 aliphatic heterocycles. The number of allylic oxidation sites excluding steroid dienone is 1. The summed E-state index contributed by atoms with van der Waals surface area (Å²) >= 11 is 6.74. The highest BCUT2D eigenvalue weighted by Crippen LogP contribution is 2.34. The molecule has 1 fully saturated rings. The van der Waals surface area contributed by atoms with E-state index in [1.807, 2.05) is 18.2 Å². The zero-order valence-corrected chi connectivity index (χ0v) is 17.2. The standard InChI is InChI=1S/C22H31ClN2O2/c1-5-6-18(3)22(4,23)15-17(2)16-24-11-13-25(14-12-24)20-9-7-19(8-10-20)21(26)27/h5,7-10,18H,1-2,6,11-16H2,3-4H3,(H,26,27)/t18?,22-/m1/s1. The molecule has 0 saturated carbocycles. The first-order valence-corrected chi connectivity index (χ1v) is 9.88. The number of carboxylic acid groups (broad SMARTS) is 1. The molecule has 0 amide bonds. The highest BCUT2D eigenvalue weighted by Gasteiger charge is 2.29. The Morgan fingerprint density at radius 2 is 1.89 bits per heavy atom. The Labute approximate surface area is 168 Å². The minimum Gasteiger partial charge on any atom is -0.478 e. The van der Waals surface area contributed by atoms with E-state index in [1.54, 1.807) is 12.1 Å². The number of carboxylic acids is 1. The summed E-state index contributed by atoms with van der Waals surface area (Å²) in [5.41, 5.74) is 2.57. The number of nitrogens with zero attached hydrogens (tertiary/aromatic N) is 2. The molecular weight excluding hydrogens is 360 g/mol. The van der Waals surface area contributed by atoms with Crippen molar-refractivity contribution in [3.8, 4) is 0 Å². The topological polar surface area (TPSA) is 43.8 Å².